The molecule has 1 aliphatic rings. The second kappa shape index (κ2) is 8.33. The highest BCUT2D eigenvalue weighted by molar-refractivity contribution is 6.45. The molecule has 0 spiro atoms. The van der Waals surface area contributed by atoms with Gasteiger partial charge in [0.05, 0.1) is 42.0 Å². The Kier molecular flexibility index (Phi) is 6.45. The molecule has 0 atom stereocenters. The van der Waals surface area contributed by atoms with Crippen LogP contribution in [-0.4, -0.2) is 51.2 Å². The van der Waals surface area contributed by atoms with Crippen molar-refractivity contribution in [2.75, 3.05) is 44.7 Å². The predicted octanol–water partition coefficient (Wildman–Crippen LogP) is -0.0368. The van der Waals surface area contributed by atoms with Crippen molar-refractivity contribution in [2.45, 2.75) is 0 Å². The number of nitrogens with one attached hydrogen (secondary N) is 3. The van der Waals surface area contributed by atoms with Gasteiger partial charge in [0, 0.05) is 0 Å². The summed E-state index contributed by atoms with van der Waals surface area (Å²) in [7, 11) is 0. The van der Waals surface area contributed by atoms with Gasteiger partial charge in [-0.3, -0.25) is 9.59 Å². The third kappa shape index (κ3) is 4.84. The van der Waals surface area contributed by atoms with Crippen LogP contribution in [0.1, 0.15) is 0 Å². The van der Waals surface area contributed by atoms with Crippen molar-refractivity contribution >= 4 is 40.7 Å². The molecule has 1 aromatic rings. The van der Waals surface area contributed by atoms with Gasteiger partial charge in [0.15, 0.2) is 0 Å². The van der Waals surface area contributed by atoms with Crippen molar-refractivity contribution in [3.8, 4) is 0 Å². The number of amides is 2. The molecule has 1 heterocycles. The van der Waals surface area contributed by atoms with Gasteiger partial charge in [-0.15, -0.1) is 0 Å². The van der Waals surface area contributed by atoms with Crippen LogP contribution in [0, 0.1) is 0 Å². The smallest absolute Gasteiger partial charge is 0.313 e. The molecule has 1 fully saturated rings. The summed E-state index contributed by atoms with van der Waals surface area (Å²) in [4.78, 5) is 24.9. The molecule has 8 heteroatoms. The van der Waals surface area contributed by atoms with Crippen molar-refractivity contribution < 1.29 is 19.2 Å². The summed E-state index contributed by atoms with van der Waals surface area (Å²) in [6, 6.07) is 4.82. The lowest BCUT2D eigenvalue weighted by molar-refractivity contribution is -0.906. The number of quaternary nitrogens is 1. The van der Waals surface area contributed by atoms with Crippen LogP contribution in [0.25, 0.3) is 0 Å². The van der Waals surface area contributed by atoms with Crippen LogP contribution < -0.4 is 15.5 Å². The number of hydrogen-bond donors (Lipinski definition) is 3. The summed E-state index contributed by atoms with van der Waals surface area (Å²) in [5, 5.41) is 5.57. The topological polar surface area (TPSA) is 71.9 Å². The zero-order valence-electron chi connectivity index (χ0n) is 12.0. The molecule has 0 unspecified atom stereocenters. The van der Waals surface area contributed by atoms with Gasteiger partial charge in [0.1, 0.15) is 13.1 Å². The second-order valence-corrected chi connectivity index (χ2v) is 5.71. The Balaban J connectivity index is 1.77. The van der Waals surface area contributed by atoms with Gasteiger partial charge in [-0.25, -0.2) is 0 Å². The summed E-state index contributed by atoms with van der Waals surface area (Å²) >= 11 is 11.8. The molecular weight excluding hydrogens is 329 g/mol. The van der Waals surface area contributed by atoms with Crippen LogP contribution in [0.15, 0.2) is 18.2 Å². The van der Waals surface area contributed by atoms with E-state index >= 15 is 0 Å². The molecule has 0 radical (unpaired) electrons. The Morgan fingerprint density at radius 2 is 1.91 bits per heavy atom. The van der Waals surface area contributed by atoms with Crippen LogP contribution in [-0.2, 0) is 14.3 Å². The lowest BCUT2D eigenvalue weighted by atomic mass is 10.3. The van der Waals surface area contributed by atoms with E-state index in [1.807, 2.05) is 0 Å². The first kappa shape index (κ1) is 17.0. The molecule has 0 saturated carbocycles. The van der Waals surface area contributed by atoms with Gasteiger partial charge in [-0.2, -0.15) is 0 Å². The number of anilines is 1. The second-order valence-electron chi connectivity index (χ2n) is 4.92. The monoisotopic (exact) mass is 346 g/mol. The first-order chi connectivity index (χ1) is 10.6. The van der Waals surface area contributed by atoms with E-state index in [2.05, 4.69) is 10.6 Å². The molecule has 1 aliphatic heterocycles. The molecule has 1 aromatic carbocycles. The van der Waals surface area contributed by atoms with Crippen molar-refractivity contribution in [3.05, 3.63) is 28.2 Å². The molecule has 0 bridgehead atoms. The van der Waals surface area contributed by atoms with E-state index in [4.69, 9.17) is 27.9 Å². The van der Waals surface area contributed by atoms with Crippen molar-refractivity contribution in [2.24, 2.45) is 0 Å². The van der Waals surface area contributed by atoms with Crippen LogP contribution in [0.5, 0.6) is 0 Å². The minimum Gasteiger partial charge on any atom is -0.370 e. The summed E-state index contributed by atoms with van der Waals surface area (Å²) in [5.41, 5.74) is 0.313. The SMILES string of the molecule is O=C(NCC[NH+]1CCOCC1)C(=O)Nc1cccc(Cl)c1Cl. The maximum absolute atomic E-state index is 11.8. The molecule has 22 heavy (non-hydrogen) atoms. The molecule has 6 nitrogen and oxygen atoms in total. The van der Waals surface area contributed by atoms with Crippen LogP contribution in [0.4, 0.5) is 5.69 Å². The first-order valence-corrected chi connectivity index (χ1v) is 7.78. The number of halogens is 2. The predicted molar refractivity (Wildman–Crippen MR) is 84.5 cm³/mol. The zero-order chi connectivity index (χ0) is 15.9. The Hall–Kier alpha value is -1.34. The number of rotatable bonds is 4. The van der Waals surface area contributed by atoms with Crippen LogP contribution in [0.3, 0.4) is 0 Å². The number of carbonyl (C=O) groups is 2. The number of hydrogen-bond acceptors (Lipinski definition) is 3. The maximum atomic E-state index is 11.8. The van der Waals surface area contributed by atoms with E-state index in [1.54, 1.807) is 18.2 Å². The van der Waals surface area contributed by atoms with Crippen LogP contribution >= 0.6 is 23.2 Å². The quantitative estimate of drug-likeness (QED) is 0.670. The van der Waals surface area contributed by atoms with E-state index in [9.17, 15) is 9.59 Å². The van der Waals surface area contributed by atoms with Crippen LogP contribution in [0.2, 0.25) is 10.0 Å². The normalized spacial score (nSPS) is 15.4. The summed E-state index contributed by atoms with van der Waals surface area (Å²) in [5.74, 6) is -1.45. The van der Waals surface area contributed by atoms with Crippen molar-refractivity contribution in [1.29, 1.82) is 0 Å². The number of benzene rings is 1. The number of morpholine rings is 1. The Morgan fingerprint density at radius 3 is 2.64 bits per heavy atom. The largest absolute Gasteiger partial charge is 0.370 e. The summed E-state index contributed by atoms with van der Waals surface area (Å²) in [6.07, 6.45) is 0. The number of ether oxygens (including phenoxy) is 1. The fraction of sp³-hybridized carbons (Fsp3) is 0.429. The summed E-state index contributed by atoms with van der Waals surface area (Å²) in [6.45, 7) is 4.50. The highest BCUT2D eigenvalue weighted by atomic mass is 35.5. The molecular formula is C14H18Cl2N3O3+. The van der Waals surface area contributed by atoms with Crippen molar-refractivity contribution in [3.63, 3.8) is 0 Å². The van der Waals surface area contributed by atoms with E-state index in [1.165, 1.54) is 4.90 Å². The first-order valence-electron chi connectivity index (χ1n) is 7.02. The Bertz CT molecular complexity index is 548. The maximum Gasteiger partial charge on any atom is 0.313 e. The lowest BCUT2D eigenvalue weighted by Crippen LogP contribution is -3.14. The number of carbonyl (C=O) groups excluding carboxylic acids is 2. The third-order valence-corrected chi connectivity index (χ3v) is 4.19. The third-order valence-electron chi connectivity index (χ3n) is 3.37. The molecule has 120 valence electrons. The van der Waals surface area contributed by atoms with Crippen molar-refractivity contribution in [1.82, 2.24) is 5.32 Å². The summed E-state index contributed by atoms with van der Waals surface area (Å²) < 4.78 is 5.26. The lowest BCUT2D eigenvalue weighted by Gasteiger charge is -2.23. The molecule has 0 aliphatic carbocycles. The van der Waals surface area contributed by atoms with E-state index in [0.29, 0.717) is 17.3 Å². The minimum atomic E-state index is -0.763. The van der Waals surface area contributed by atoms with Gasteiger partial charge in [-0.05, 0) is 12.1 Å². The molecule has 3 N–H and O–H groups in total. The van der Waals surface area contributed by atoms with E-state index < -0.39 is 11.8 Å². The average molecular weight is 347 g/mol. The fourth-order valence-corrected chi connectivity index (χ4v) is 2.47. The van der Waals surface area contributed by atoms with E-state index in [0.717, 1.165) is 32.8 Å². The van der Waals surface area contributed by atoms with Gasteiger partial charge in [0.2, 0.25) is 0 Å². The highest BCUT2D eigenvalue weighted by Gasteiger charge is 2.17. The highest BCUT2D eigenvalue weighted by Crippen LogP contribution is 2.29. The average Bonchev–Trinajstić information content (AvgIpc) is 2.52. The molecule has 2 amide bonds. The van der Waals surface area contributed by atoms with Gasteiger partial charge < -0.3 is 20.3 Å². The molecule has 1 saturated heterocycles. The molecule has 2 rings (SSSR count). The van der Waals surface area contributed by atoms with Gasteiger partial charge >= 0.3 is 11.8 Å². The van der Waals surface area contributed by atoms with Gasteiger partial charge in [0.25, 0.3) is 0 Å². The van der Waals surface area contributed by atoms with Gasteiger partial charge in [-0.1, -0.05) is 29.3 Å². The molecule has 0 aromatic heterocycles. The fourth-order valence-electron chi connectivity index (χ4n) is 2.12. The Morgan fingerprint density at radius 1 is 1.18 bits per heavy atom. The Labute approximate surface area is 138 Å². The minimum absolute atomic E-state index is 0.211. The van der Waals surface area contributed by atoms with E-state index in [-0.39, 0.29) is 5.02 Å². The zero-order valence-corrected chi connectivity index (χ0v) is 13.5. The standard InChI is InChI=1S/C14H17Cl2N3O3/c15-10-2-1-3-11(12(10)16)18-14(21)13(20)17-4-5-19-6-8-22-9-7-19/h1-3H,4-9H2,(H,17,20)(H,18,21)/p+1.